The van der Waals surface area contributed by atoms with Crippen LogP contribution in [0, 0.1) is 5.92 Å². The van der Waals surface area contributed by atoms with E-state index in [1.165, 1.54) is 32.1 Å². The predicted octanol–water partition coefficient (Wildman–Crippen LogP) is 4.00. The summed E-state index contributed by atoms with van der Waals surface area (Å²) in [4.78, 5) is 0. The highest BCUT2D eigenvalue weighted by Gasteiger charge is 2.14. The summed E-state index contributed by atoms with van der Waals surface area (Å²) >= 11 is 0. The van der Waals surface area contributed by atoms with Crippen molar-refractivity contribution in [1.29, 1.82) is 0 Å². The molecule has 0 saturated carbocycles. The van der Waals surface area contributed by atoms with Crippen LogP contribution in [0.1, 0.15) is 66.2 Å². The first-order valence-electron chi connectivity index (χ1n) is 7.59. The molecule has 2 unspecified atom stereocenters. The summed E-state index contributed by atoms with van der Waals surface area (Å²) in [6, 6.07) is 0.647. The highest BCUT2D eigenvalue weighted by Crippen LogP contribution is 2.19. The molecule has 0 aliphatic carbocycles. The van der Waals surface area contributed by atoms with Crippen LogP contribution < -0.4 is 5.32 Å². The molecule has 1 N–H and O–H groups in total. The Bertz CT molecular complexity index is 150. The lowest BCUT2D eigenvalue weighted by Gasteiger charge is -2.23. The smallest absolute Gasteiger partial charge is 0.0480 e. The highest BCUT2D eigenvalue weighted by molar-refractivity contribution is 4.71. The van der Waals surface area contributed by atoms with Gasteiger partial charge in [0.05, 0.1) is 0 Å². The average molecular weight is 243 g/mol. The minimum absolute atomic E-state index is 0.647. The zero-order chi connectivity index (χ0) is 12.9. The Morgan fingerprint density at radius 1 is 1.06 bits per heavy atom. The Kier molecular flexibility index (Phi) is 12.3. The second-order valence-corrected chi connectivity index (χ2v) is 4.89. The summed E-state index contributed by atoms with van der Waals surface area (Å²) in [5.41, 5.74) is 0. The van der Waals surface area contributed by atoms with Gasteiger partial charge in [-0.15, -0.1) is 0 Å². The van der Waals surface area contributed by atoms with Crippen LogP contribution in [0.3, 0.4) is 0 Å². The molecule has 0 aromatic heterocycles. The lowest BCUT2D eigenvalue weighted by molar-refractivity contribution is 0.132. The maximum Gasteiger partial charge on any atom is 0.0480 e. The van der Waals surface area contributed by atoms with Gasteiger partial charge in [0.15, 0.2) is 0 Å². The van der Waals surface area contributed by atoms with E-state index in [-0.39, 0.29) is 0 Å². The molecule has 0 amide bonds. The third-order valence-electron chi connectivity index (χ3n) is 3.47. The van der Waals surface area contributed by atoms with Gasteiger partial charge in [0.25, 0.3) is 0 Å². The molecule has 2 heteroatoms. The maximum absolute atomic E-state index is 5.47. The van der Waals surface area contributed by atoms with Gasteiger partial charge >= 0.3 is 0 Å². The molecular weight excluding hydrogens is 210 g/mol. The molecule has 0 aliphatic heterocycles. The first-order valence-corrected chi connectivity index (χ1v) is 7.59. The van der Waals surface area contributed by atoms with Crippen molar-refractivity contribution in [1.82, 2.24) is 5.32 Å². The van der Waals surface area contributed by atoms with Crippen molar-refractivity contribution >= 4 is 0 Å². The number of hydrogen-bond acceptors (Lipinski definition) is 2. The molecule has 0 aromatic rings. The molecule has 2 nitrogen and oxygen atoms in total. The Balaban J connectivity index is 3.91. The van der Waals surface area contributed by atoms with Crippen molar-refractivity contribution in [3.63, 3.8) is 0 Å². The van der Waals surface area contributed by atoms with E-state index >= 15 is 0 Å². The number of unbranched alkanes of at least 4 members (excludes halogenated alkanes) is 1. The number of ether oxygens (including phenoxy) is 1. The van der Waals surface area contributed by atoms with Gasteiger partial charge in [-0.1, -0.05) is 46.5 Å². The van der Waals surface area contributed by atoms with Crippen molar-refractivity contribution in [2.45, 2.75) is 72.3 Å². The summed E-state index contributed by atoms with van der Waals surface area (Å²) in [7, 11) is 0. The normalized spacial score (nSPS) is 14.8. The fourth-order valence-electron chi connectivity index (χ4n) is 2.35. The molecule has 0 aliphatic rings. The highest BCUT2D eigenvalue weighted by atomic mass is 16.5. The minimum Gasteiger partial charge on any atom is -0.382 e. The number of nitrogens with one attached hydrogen (secondary N) is 1. The van der Waals surface area contributed by atoms with Gasteiger partial charge in [-0.05, 0) is 32.2 Å². The summed E-state index contributed by atoms with van der Waals surface area (Å²) in [6.45, 7) is 11.7. The minimum atomic E-state index is 0.647. The summed E-state index contributed by atoms with van der Waals surface area (Å²) < 4.78 is 5.47. The maximum atomic E-state index is 5.47. The number of hydrogen-bond donors (Lipinski definition) is 1. The van der Waals surface area contributed by atoms with Crippen LogP contribution in [0.2, 0.25) is 0 Å². The number of rotatable bonds is 12. The second-order valence-electron chi connectivity index (χ2n) is 4.89. The van der Waals surface area contributed by atoms with Gasteiger partial charge in [-0.2, -0.15) is 0 Å². The lowest BCUT2D eigenvalue weighted by Crippen LogP contribution is -2.32. The van der Waals surface area contributed by atoms with Gasteiger partial charge < -0.3 is 10.1 Å². The monoisotopic (exact) mass is 243 g/mol. The van der Waals surface area contributed by atoms with E-state index in [0.717, 1.165) is 32.1 Å². The quantitative estimate of drug-likeness (QED) is 0.523. The van der Waals surface area contributed by atoms with E-state index in [1.54, 1.807) is 0 Å². The molecule has 0 radical (unpaired) electrons. The fourth-order valence-corrected chi connectivity index (χ4v) is 2.35. The third kappa shape index (κ3) is 9.61. The Labute approximate surface area is 109 Å². The summed E-state index contributed by atoms with van der Waals surface area (Å²) in [5.74, 6) is 0.889. The van der Waals surface area contributed by atoms with Crippen LogP contribution in [-0.2, 0) is 4.74 Å². The first kappa shape index (κ1) is 16.9. The molecule has 2 atom stereocenters. The third-order valence-corrected chi connectivity index (χ3v) is 3.47. The van der Waals surface area contributed by atoms with Crippen LogP contribution >= 0.6 is 0 Å². The molecular formula is C15H33NO. The van der Waals surface area contributed by atoms with Gasteiger partial charge in [0, 0.05) is 19.3 Å². The van der Waals surface area contributed by atoms with E-state index in [1.807, 2.05) is 0 Å². The topological polar surface area (TPSA) is 21.3 Å². The molecule has 104 valence electrons. The molecule has 17 heavy (non-hydrogen) atoms. The molecule has 0 rings (SSSR count). The van der Waals surface area contributed by atoms with E-state index in [9.17, 15) is 0 Å². The SMILES string of the molecule is CCCCC(CC)CC(CCOCC)NCC. The van der Waals surface area contributed by atoms with Crippen LogP contribution in [0.4, 0.5) is 0 Å². The zero-order valence-electron chi connectivity index (χ0n) is 12.4. The average Bonchev–Trinajstić information content (AvgIpc) is 2.34. The zero-order valence-corrected chi connectivity index (χ0v) is 12.4. The lowest BCUT2D eigenvalue weighted by atomic mass is 9.91. The Morgan fingerprint density at radius 2 is 1.82 bits per heavy atom. The van der Waals surface area contributed by atoms with Crippen LogP contribution in [-0.4, -0.2) is 25.8 Å². The van der Waals surface area contributed by atoms with Crippen LogP contribution in [0.5, 0.6) is 0 Å². The molecule has 0 bridgehead atoms. The van der Waals surface area contributed by atoms with Crippen LogP contribution in [0.25, 0.3) is 0 Å². The van der Waals surface area contributed by atoms with Crippen LogP contribution in [0.15, 0.2) is 0 Å². The van der Waals surface area contributed by atoms with Gasteiger partial charge in [-0.3, -0.25) is 0 Å². The second kappa shape index (κ2) is 12.4. The van der Waals surface area contributed by atoms with Crippen molar-refractivity contribution < 1.29 is 4.74 Å². The molecule has 0 heterocycles. The van der Waals surface area contributed by atoms with E-state index in [2.05, 4.69) is 33.0 Å². The van der Waals surface area contributed by atoms with Crippen molar-refractivity contribution in [3.8, 4) is 0 Å². The van der Waals surface area contributed by atoms with Gasteiger partial charge in [0.2, 0.25) is 0 Å². The van der Waals surface area contributed by atoms with Gasteiger partial charge in [-0.25, -0.2) is 0 Å². The Morgan fingerprint density at radius 3 is 2.35 bits per heavy atom. The van der Waals surface area contributed by atoms with E-state index in [0.29, 0.717) is 6.04 Å². The first-order chi connectivity index (χ1) is 8.28. The largest absolute Gasteiger partial charge is 0.382 e. The predicted molar refractivity (Wildman–Crippen MR) is 76.5 cm³/mol. The molecule has 0 aromatic carbocycles. The molecule has 0 spiro atoms. The standard InChI is InChI=1S/C15H33NO/c1-5-9-10-14(6-2)13-15(16-7-3)11-12-17-8-4/h14-16H,5-13H2,1-4H3. The Hall–Kier alpha value is -0.0800. The van der Waals surface area contributed by atoms with E-state index < -0.39 is 0 Å². The van der Waals surface area contributed by atoms with Crippen molar-refractivity contribution in [3.05, 3.63) is 0 Å². The molecule has 0 fully saturated rings. The van der Waals surface area contributed by atoms with Gasteiger partial charge in [0.1, 0.15) is 0 Å². The van der Waals surface area contributed by atoms with Crippen molar-refractivity contribution in [2.24, 2.45) is 5.92 Å². The van der Waals surface area contributed by atoms with Crippen molar-refractivity contribution in [2.75, 3.05) is 19.8 Å². The molecule has 0 saturated heterocycles. The fraction of sp³-hybridized carbons (Fsp3) is 1.00. The van der Waals surface area contributed by atoms with E-state index in [4.69, 9.17) is 4.74 Å². The summed E-state index contributed by atoms with van der Waals surface area (Å²) in [5, 5.41) is 3.60. The summed E-state index contributed by atoms with van der Waals surface area (Å²) in [6.07, 6.45) is 7.88.